The first-order chi connectivity index (χ1) is 11.2. The first-order valence-electron chi connectivity index (χ1n) is 7.11. The third kappa shape index (κ3) is 5.64. The largest absolute Gasteiger partial charge is 0.489 e. The highest BCUT2D eigenvalue weighted by atomic mass is 35.5. The lowest BCUT2D eigenvalue weighted by molar-refractivity contribution is -0.136. The van der Waals surface area contributed by atoms with Gasteiger partial charge >= 0.3 is 5.97 Å². The van der Waals surface area contributed by atoms with E-state index in [9.17, 15) is 4.79 Å². The summed E-state index contributed by atoms with van der Waals surface area (Å²) in [5.74, 6) is 0.334. The summed E-state index contributed by atoms with van der Waals surface area (Å²) < 4.78 is 10.5. The minimum atomic E-state index is -0.399. The van der Waals surface area contributed by atoms with Gasteiger partial charge in [-0.05, 0) is 29.8 Å². The molecule has 0 saturated carbocycles. The molecule has 0 amide bonds. The van der Waals surface area contributed by atoms with Crippen LogP contribution >= 0.6 is 11.6 Å². The van der Waals surface area contributed by atoms with Crippen molar-refractivity contribution >= 4 is 23.6 Å². The van der Waals surface area contributed by atoms with Crippen molar-refractivity contribution in [2.75, 3.05) is 6.61 Å². The molecule has 0 heterocycles. The van der Waals surface area contributed by atoms with Gasteiger partial charge in [0.1, 0.15) is 19.0 Å². The second-order valence-electron chi connectivity index (χ2n) is 4.70. The zero-order valence-electron chi connectivity index (χ0n) is 12.6. The zero-order chi connectivity index (χ0) is 16.5. The highest BCUT2D eigenvalue weighted by Crippen LogP contribution is 2.19. The van der Waals surface area contributed by atoms with E-state index >= 15 is 0 Å². The molecule has 0 radical (unpaired) electrons. The van der Waals surface area contributed by atoms with Gasteiger partial charge in [0.05, 0.1) is 0 Å². The fourth-order valence-electron chi connectivity index (χ4n) is 1.81. The Labute approximate surface area is 140 Å². The molecule has 0 fully saturated rings. The van der Waals surface area contributed by atoms with Gasteiger partial charge < -0.3 is 9.47 Å². The van der Waals surface area contributed by atoms with Crippen LogP contribution in [-0.4, -0.2) is 12.6 Å². The smallest absolute Gasteiger partial charge is 0.331 e. The monoisotopic (exact) mass is 328 g/mol. The quantitative estimate of drug-likeness (QED) is 0.421. The number of rotatable bonds is 7. The van der Waals surface area contributed by atoms with Gasteiger partial charge in [0.25, 0.3) is 0 Å². The van der Waals surface area contributed by atoms with Gasteiger partial charge in [-0.1, -0.05) is 54.6 Å². The summed E-state index contributed by atoms with van der Waals surface area (Å²) in [6.07, 6.45) is 4.59. The Balaban J connectivity index is 1.89. The maximum Gasteiger partial charge on any atom is 0.331 e. The van der Waals surface area contributed by atoms with Crippen molar-refractivity contribution in [1.82, 2.24) is 0 Å². The maximum absolute atomic E-state index is 11.3. The van der Waals surface area contributed by atoms with Crippen molar-refractivity contribution in [2.45, 2.75) is 6.61 Å². The van der Waals surface area contributed by atoms with Gasteiger partial charge in [-0.25, -0.2) is 4.79 Å². The van der Waals surface area contributed by atoms with E-state index in [1.807, 2.05) is 48.5 Å². The van der Waals surface area contributed by atoms with E-state index in [0.29, 0.717) is 11.6 Å². The topological polar surface area (TPSA) is 35.5 Å². The normalized spacial score (nSPS) is 10.5. The standard InChI is InChI=1S/C19H17ClO3/c1-2-13-22-19(21)12-9-15-7-10-17(11-8-15)23-14-16-5-3-4-6-18(16)20/h2-12H,1,13-14H2/b12-9+. The second kappa shape index (κ2) is 8.81. The minimum absolute atomic E-state index is 0.206. The van der Waals surface area contributed by atoms with Crippen molar-refractivity contribution in [1.29, 1.82) is 0 Å². The molecule has 0 unspecified atom stereocenters. The minimum Gasteiger partial charge on any atom is -0.489 e. The number of carbonyl (C=O) groups is 1. The molecule has 0 spiro atoms. The summed E-state index contributed by atoms with van der Waals surface area (Å²) in [7, 11) is 0. The molecule has 0 saturated heterocycles. The van der Waals surface area contributed by atoms with Crippen molar-refractivity contribution < 1.29 is 14.3 Å². The van der Waals surface area contributed by atoms with E-state index in [0.717, 1.165) is 16.9 Å². The molecule has 118 valence electrons. The average molecular weight is 329 g/mol. The van der Waals surface area contributed by atoms with Crippen LogP contribution in [0.4, 0.5) is 0 Å². The molecule has 0 bridgehead atoms. The predicted molar refractivity (Wildman–Crippen MR) is 92.4 cm³/mol. The third-order valence-electron chi connectivity index (χ3n) is 2.99. The van der Waals surface area contributed by atoms with Gasteiger partial charge in [0.15, 0.2) is 0 Å². The van der Waals surface area contributed by atoms with Crippen molar-refractivity contribution in [2.24, 2.45) is 0 Å². The molecule has 4 heteroatoms. The SMILES string of the molecule is C=CCOC(=O)/C=C/c1ccc(OCc2ccccc2Cl)cc1. The molecular formula is C19H17ClO3. The molecule has 0 aliphatic rings. The first kappa shape index (κ1) is 16.8. The Kier molecular flexibility index (Phi) is 6.45. The van der Waals surface area contributed by atoms with Crippen LogP contribution in [0.15, 0.2) is 67.3 Å². The van der Waals surface area contributed by atoms with Gasteiger partial charge in [-0.3, -0.25) is 0 Å². The lowest BCUT2D eigenvalue weighted by Gasteiger charge is -2.07. The van der Waals surface area contributed by atoms with Gasteiger partial charge in [0, 0.05) is 16.7 Å². The molecule has 0 aliphatic carbocycles. The van der Waals surface area contributed by atoms with Crippen LogP contribution < -0.4 is 4.74 Å². The Morgan fingerprint density at radius 3 is 2.57 bits per heavy atom. The second-order valence-corrected chi connectivity index (χ2v) is 5.11. The molecule has 23 heavy (non-hydrogen) atoms. The molecule has 0 atom stereocenters. The summed E-state index contributed by atoms with van der Waals surface area (Å²) in [6, 6.07) is 15.0. The summed E-state index contributed by atoms with van der Waals surface area (Å²) in [5.41, 5.74) is 1.81. The molecule has 0 N–H and O–H groups in total. The van der Waals surface area contributed by atoms with E-state index < -0.39 is 5.97 Å². The molecule has 3 nitrogen and oxygen atoms in total. The fraction of sp³-hybridized carbons (Fsp3) is 0.105. The van der Waals surface area contributed by atoms with Gasteiger partial charge in [-0.2, -0.15) is 0 Å². The Morgan fingerprint density at radius 1 is 1.13 bits per heavy atom. The lowest BCUT2D eigenvalue weighted by Crippen LogP contribution is -1.99. The van der Waals surface area contributed by atoms with E-state index in [2.05, 4.69) is 6.58 Å². The molecule has 2 rings (SSSR count). The van der Waals surface area contributed by atoms with Crippen LogP contribution in [0.25, 0.3) is 6.08 Å². The molecule has 2 aromatic rings. The van der Waals surface area contributed by atoms with Crippen LogP contribution in [0.3, 0.4) is 0 Å². The number of hydrogen-bond donors (Lipinski definition) is 0. The van der Waals surface area contributed by atoms with Crippen LogP contribution in [0.5, 0.6) is 5.75 Å². The van der Waals surface area contributed by atoms with Gasteiger partial charge in [0.2, 0.25) is 0 Å². The Morgan fingerprint density at radius 2 is 1.87 bits per heavy atom. The highest BCUT2D eigenvalue weighted by molar-refractivity contribution is 6.31. The Hall–Kier alpha value is -2.52. The lowest BCUT2D eigenvalue weighted by atomic mass is 10.2. The number of carbonyl (C=O) groups excluding carboxylic acids is 1. The van der Waals surface area contributed by atoms with Crippen molar-refractivity contribution in [3.63, 3.8) is 0 Å². The van der Waals surface area contributed by atoms with Crippen LogP contribution in [-0.2, 0) is 16.1 Å². The zero-order valence-corrected chi connectivity index (χ0v) is 13.3. The number of halogens is 1. The van der Waals surface area contributed by atoms with E-state index in [1.165, 1.54) is 12.2 Å². The molecule has 2 aromatic carbocycles. The van der Waals surface area contributed by atoms with Crippen LogP contribution in [0.2, 0.25) is 5.02 Å². The predicted octanol–water partition coefficient (Wildman–Crippen LogP) is 4.66. The first-order valence-corrected chi connectivity index (χ1v) is 7.49. The average Bonchev–Trinajstić information content (AvgIpc) is 2.58. The molecular weight excluding hydrogens is 312 g/mol. The summed E-state index contributed by atoms with van der Waals surface area (Å²) in [5, 5.41) is 0.685. The van der Waals surface area contributed by atoms with Crippen LogP contribution in [0.1, 0.15) is 11.1 Å². The van der Waals surface area contributed by atoms with E-state index in [4.69, 9.17) is 21.1 Å². The van der Waals surface area contributed by atoms with E-state index in [1.54, 1.807) is 6.08 Å². The summed E-state index contributed by atoms with van der Waals surface area (Å²) >= 11 is 6.08. The number of benzene rings is 2. The molecule has 0 aliphatic heterocycles. The van der Waals surface area contributed by atoms with Gasteiger partial charge in [-0.15, -0.1) is 0 Å². The highest BCUT2D eigenvalue weighted by Gasteiger charge is 2.00. The number of ether oxygens (including phenoxy) is 2. The summed E-state index contributed by atoms with van der Waals surface area (Å²) in [6.45, 7) is 4.09. The summed E-state index contributed by atoms with van der Waals surface area (Å²) in [4.78, 5) is 11.3. The maximum atomic E-state index is 11.3. The van der Waals surface area contributed by atoms with E-state index in [-0.39, 0.29) is 6.61 Å². The third-order valence-corrected chi connectivity index (χ3v) is 3.36. The van der Waals surface area contributed by atoms with Crippen LogP contribution in [0, 0.1) is 0 Å². The number of hydrogen-bond acceptors (Lipinski definition) is 3. The van der Waals surface area contributed by atoms with Crippen molar-refractivity contribution in [3.8, 4) is 5.75 Å². The fourth-order valence-corrected chi connectivity index (χ4v) is 2.00. The van der Waals surface area contributed by atoms with Crippen molar-refractivity contribution in [3.05, 3.63) is 83.4 Å². The Bertz CT molecular complexity index is 690. The number of esters is 1. The molecule has 0 aromatic heterocycles.